The molecule has 0 unspecified atom stereocenters. The third kappa shape index (κ3) is 2.50. The van der Waals surface area contributed by atoms with Gasteiger partial charge in [-0.25, -0.2) is 0 Å². The van der Waals surface area contributed by atoms with Gasteiger partial charge in [0.25, 0.3) is 0 Å². The molecule has 0 radical (unpaired) electrons. The van der Waals surface area contributed by atoms with E-state index in [2.05, 4.69) is 0 Å². The SMILES string of the molecule is CC(=O)[C@@H]1CCCN(c2cccc(Cl)c2)C1=O. The topological polar surface area (TPSA) is 37.4 Å². The van der Waals surface area contributed by atoms with Crippen LogP contribution >= 0.6 is 11.6 Å². The van der Waals surface area contributed by atoms with E-state index in [0.717, 1.165) is 12.1 Å². The quantitative estimate of drug-likeness (QED) is 0.758. The largest absolute Gasteiger partial charge is 0.312 e. The first kappa shape index (κ1) is 12.1. The lowest BCUT2D eigenvalue weighted by Gasteiger charge is -2.31. The average Bonchev–Trinajstić information content (AvgIpc) is 2.29. The molecule has 3 nitrogen and oxygen atoms in total. The molecule has 4 heteroatoms. The smallest absolute Gasteiger partial charge is 0.237 e. The highest BCUT2D eigenvalue weighted by atomic mass is 35.5. The van der Waals surface area contributed by atoms with Crippen LogP contribution in [0, 0.1) is 5.92 Å². The molecule has 0 aliphatic carbocycles. The van der Waals surface area contributed by atoms with Gasteiger partial charge in [0.15, 0.2) is 0 Å². The lowest BCUT2D eigenvalue weighted by Crippen LogP contribution is -2.43. The molecule has 1 atom stereocenters. The van der Waals surface area contributed by atoms with E-state index in [4.69, 9.17) is 11.6 Å². The first-order chi connectivity index (χ1) is 8.09. The van der Waals surface area contributed by atoms with Crippen LogP contribution < -0.4 is 4.90 Å². The number of nitrogens with zero attached hydrogens (tertiary/aromatic N) is 1. The van der Waals surface area contributed by atoms with Gasteiger partial charge in [0.1, 0.15) is 5.78 Å². The zero-order chi connectivity index (χ0) is 12.4. The van der Waals surface area contributed by atoms with Crippen molar-refractivity contribution >= 4 is 29.0 Å². The van der Waals surface area contributed by atoms with Crippen LogP contribution in [0.25, 0.3) is 0 Å². The van der Waals surface area contributed by atoms with E-state index in [0.29, 0.717) is 18.0 Å². The predicted molar refractivity (Wildman–Crippen MR) is 67.2 cm³/mol. The van der Waals surface area contributed by atoms with Crippen molar-refractivity contribution in [3.8, 4) is 0 Å². The molecule has 1 aromatic rings. The summed E-state index contributed by atoms with van der Waals surface area (Å²) in [5.41, 5.74) is 0.772. The summed E-state index contributed by atoms with van der Waals surface area (Å²) in [5.74, 6) is -0.643. The zero-order valence-electron chi connectivity index (χ0n) is 9.65. The van der Waals surface area contributed by atoms with Gasteiger partial charge in [-0.05, 0) is 38.0 Å². The van der Waals surface area contributed by atoms with Crippen molar-refractivity contribution in [1.82, 2.24) is 0 Å². The second-order valence-corrected chi connectivity index (χ2v) is 4.71. The molecule has 0 bridgehead atoms. The maximum absolute atomic E-state index is 12.1. The number of hydrogen-bond acceptors (Lipinski definition) is 2. The Morgan fingerprint density at radius 2 is 2.24 bits per heavy atom. The number of hydrogen-bond donors (Lipinski definition) is 0. The summed E-state index contributed by atoms with van der Waals surface area (Å²) < 4.78 is 0. The van der Waals surface area contributed by atoms with Crippen LogP contribution in [0.4, 0.5) is 5.69 Å². The van der Waals surface area contributed by atoms with Gasteiger partial charge in [-0.1, -0.05) is 17.7 Å². The van der Waals surface area contributed by atoms with Gasteiger partial charge in [0, 0.05) is 17.3 Å². The van der Waals surface area contributed by atoms with Crippen LogP contribution in [0.2, 0.25) is 5.02 Å². The van der Waals surface area contributed by atoms with E-state index in [-0.39, 0.29) is 11.7 Å². The summed E-state index contributed by atoms with van der Waals surface area (Å²) in [6.45, 7) is 2.13. The van der Waals surface area contributed by atoms with Gasteiger partial charge < -0.3 is 4.90 Å². The number of Topliss-reactive ketones (excluding diaryl/α,β-unsaturated/α-hetero) is 1. The van der Waals surface area contributed by atoms with Gasteiger partial charge in [-0.2, -0.15) is 0 Å². The highest BCUT2D eigenvalue weighted by molar-refractivity contribution is 6.31. The van der Waals surface area contributed by atoms with Crippen LogP contribution in [0.3, 0.4) is 0 Å². The van der Waals surface area contributed by atoms with Crippen molar-refractivity contribution in [3.05, 3.63) is 29.3 Å². The van der Waals surface area contributed by atoms with Crippen molar-refractivity contribution in [1.29, 1.82) is 0 Å². The Labute approximate surface area is 105 Å². The molecule has 0 spiro atoms. The maximum atomic E-state index is 12.1. The number of benzene rings is 1. The minimum atomic E-state index is -0.484. The molecule has 1 aromatic carbocycles. The Morgan fingerprint density at radius 3 is 2.88 bits per heavy atom. The van der Waals surface area contributed by atoms with Crippen LogP contribution in [0.1, 0.15) is 19.8 Å². The summed E-state index contributed by atoms with van der Waals surface area (Å²) >= 11 is 5.91. The molecule has 0 saturated carbocycles. The van der Waals surface area contributed by atoms with Crippen LogP contribution in [0.15, 0.2) is 24.3 Å². The molecule has 0 aromatic heterocycles. The second-order valence-electron chi connectivity index (χ2n) is 4.28. The fourth-order valence-electron chi connectivity index (χ4n) is 2.15. The molecule has 1 fully saturated rings. The van der Waals surface area contributed by atoms with Crippen molar-refractivity contribution in [2.24, 2.45) is 5.92 Å². The average molecular weight is 252 g/mol. The fraction of sp³-hybridized carbons (Fsp3) is 0.385. The highest BCUT2D eigenvalue weighted by Crippen LogP contribution is 2.26. The normalized spacial score (nSPS) is 20.5. The molecule has 17 heavy (non-hydrogen) atoms. The lowest BCUT2D eigenvalue weighted by atomic mass is 9.93. The van der Waals surface area contributed by atoms with E-state index in [1.54, 1.807) is 17.0 Å². The van der Waals surface area contributed by atoms with E-state index >= 15 is 0 Å². The van der Waals surface area contributed by atoms with Crippen molar-refractivity contribution in [3.63, 3.8) is 0 Å². The fourth-order valence-corrected chi connectivity index (χ4v) is 2.34. The standard InChI is InChI=1S/C13H14ClNO2/c1-9(16)12-6-3-7-15(13(12)17)11-5-2-4-10(14)8-11/h2,4-5,8,12H,3,6-7H2,1H3/t12-/m0/s1. The number of ketones is 1. The van der Waals surface area contributed by atoms with Crippen molar-refractivity contribution in [2.75, 3.05) is 11.4 Å². The monoisotopic (exact) mass is 251 g/mol. The number of rotatable bonds is 2. The van der Waals surface area contributed by atoms with Gasteiger partial charge in [-0.15, -0.1) is 0 Å². The van der Waals surface area contributed by atoms with Crippen molar-refractivity contribution in [2.45, 2.75) is 19.8 Å². The molecule has 1 aliphatic rings. The summed E-state index contributed by atoms with van der Waals surface area (Å²) in [7, 11) is 0. The third-order valence-electron chi connectivity index (χ3n) is 3.05. The minimum Gasteiger partial charge on any atom is -0.312 e. The molecule has 1 amide bonds. The van der Waals surface area contributed by atoms with Gasteiger partial charge in [-0.3, -0.25) is 9.59 Å². The van der Waals surface area contributed by atoms with Gasteiger partial charge in [0.2, 0.25) is 5.91 Å². The van der Waals surface area contributed by atoms with Crippen LogP contribution in [0.5, 0.6) is 0 Å². The first-order valence-electron chi connectivity index (χ1n) is 5.67. The number of halogens is 1. The molecule has 1 aliphatic heterocycles. The summed E-state index contributed by atoms with van der Waals surface area (Å²) in [6, 6.07) is 7.17. The predicted octanol–water partition coefficient (Wildman–Crippen LogP) is 2.67. The number of carbonyl (C=O) groups is 2. The molecule has 2 rings (SSSR count). The zero-order valence-corrected chi connectivity index (χ0v) is 10.4. The Hall–Kier alpha value is -1.35. The van der Waals surface area contributed by atoms with Crippen molar-refractivity contribution < 1.29 is 9.59 Å². The maximum Gasteiger partial charge on any atom is 0.237 e. The number of anilines is 1. The molecular formula is C13H14ClNO2. The Balaban J connectivity index is 2.27. The Kier molecular flexibility index (Phi) is 3.48. The summed E-state index contributed by atoms with van der Waals surface area (Å²) in [5, 5.41) is 0.597. The number of piperidine rings is 1. The number of amides is 1. The molecule has 0 N–H and O–H groups in total. The van der Waals surface area contributed by atoms with Crippen LogP contribution in [-0.2, 0) is 9.59 Å². The van der Waals surface area contributed by atoms with E-state index in [1.165, 1.54) is 6.92 Å². The van der Waals surface area contributed by atoms with E-state index < -0.39 is 5.92 Å². The van der Waals surface area contributed by atoms with E-state index in [1.807, 2.05) is 12.1 Å². The highest BCUT2D eigenvalue weighted by Gasteiger charge is 2.32. The summed E-state index contributed by atoms with van der Waals surface area (Å²) in [6.07, 6.45) is 1.51. The number of carbonyl (C=O) groups excluding carboxylic acids is 2. The summed E-state index contributed by atoms with van der Waals surface area (Å²) in [4.78, 5) is 25.2. The van der Waals surface area contributed by atoms with Crippen LogP contribution in [-0.4, -0.2) is 18.2 Å². The van der Waals surface area contributed by atoms with Gasteiger partial charge >= 0.3 is 0 Å². The second kappa shape index (κ2) is 4.88. The molecule has 90 valence electrons. The first-order valence-corrected chi connectivity index (χ1v) is 6.05. The lowest BCUT2D eigenvalue weighted by molar-refractivity contribution is -0.132. The Morgan fingerprint density at radius 1 is 1.47 bits per heavy atom. The third-order valence-corrected chi connectivity index (χ3v) is 3.28. The molecular weight excluding hydrogens is 238 g/mol. The van der Waals surface area contributed by atoms with Gasteiger partial charge in [0.05, 0.1) is 5.92 Å². The minimum absolute atomic E-state index is 0.0540. The molecule has 1 saturated heterocycles. The van der Waals surface area contributed by atoms with E-state index in [9.17, 15) is 9.59 Å². The molecule has 1 heterocycles. The Bertz CT molecular complexity index is 458.